The van der Waals surface area contributed by atoms with Crippen molar-refractivity contribution in [3.05, 3.63) is 67.3 Å². The monoisotopic (exact) mass is 516 g/mol. The topological polar surface area (TPSA) is 34.1 Å². The number of nitrogens with zero attached hydrogens (tertiary/aromatic N) is 1. The minimum atomic E-state index is -4.93. The van der Waals surface area contributed by atoms with E-state index in [0.717, 1.165) is 23.5 Å². The van der Waals surface area contributed by atoms with Gasteiger partial charge in [0.1, 0.15) is 5.82 Å². The van der Waals surface area contributed by atoms with Crippen LogP contribution in [-0.2, 0) is 12.7 Å². The van der Waals surface area contributed by atoms with Gasteiger partial charge < -0.3 is 10.1 Å². The Morgan fingerprint density at radius 3 is 2.28 bits per heavy atom. The SMILES string of the molecule is Fc1cc(Br)c(Oc2c(F)cc(C(F)(F)F)cc2F)c(NCc2cnc(Cl)s2)c1. The molecule has 0 aliphatic rings. The first-order valence-electron chi connectivity index (χ1n) is 7.62. The fourth-order valence-electron chi connectivity index (χ4n) is 2.27. The highest BCUT2D eigenvalue weighted by molar-refractivity contribution is 9.10. The maximum atomic E-state index is 14.1. The lowest BCUT2D eigenvalue weighted by Crippen LogP contribution is -2.08. The number of rotatable bonds is 5. The van der Waals surface area contributed by atoms with Crippen LogP contribution in [0.3, 0.4) is 0 Å². The molecule has 1 heterocycles. The largest absolute Gasteiger partial charge is 0.448 e. The molecule has 0 saturated heterocycles. The Balaban J connectivity index is 1.94. The van der Waals surface area contributed by atoms with Gasteiger partial charge in [-0.25, -0.2) is 18.2 Å². The fraction of sp³-hybridized carbons (Fsp3) is 0.118. The van der Waals surface area contributed by atoms with Crippen LogP contribution in [0.15, 0.2) is 34.9 Å². The first kappa shape index (κ1) is 21.7. The van der Waals surface area contributed by atoms with E-state index in [1.807, 2.05) is 0 Å². The summed E-state index contributed by atoms with van der Waals surface area (Å²) in [5, 5.41) is 2.81. The van der Waals surface area contributed by atoms with Crippen molar-refractivity contribution in [2.24, 2.45) is 0 Å². The minimum Gasteiger partial charge on any atom is -0.448 e. The van der Waals surface area contributed by atoms with Crippen LogP contribution in [0.25, 0.3) is 0 Å². The van der Waals surface area contributed by atoms with Crippen LogP contribution in [0.2, 0.25) is 4.47 Å². The third-order valence-corrected chi connectivity index (χ3v) is 5.22. The van der Waals surface area contributed by atoms with Gasteiger partial charge in [-0.3, -0.25) is 0 Å². The summed E-state index contributed by atoms with van der Waals surface area (Å²) in [7, 11) is 0. The molecule has 1 aromatic heterocycles. The summed E-state index contributed by atoms with van der Waals surface area (Å²) in [5.41, 5.74) is -1.50. The minimum absolute atomic E-state index is 0.0000883. The molecular formula is C17H8BrClF6N2OS. The summed E-state index contributed by atoms with van der Waals surface area (Å²) in [5.74, 6) is -5.10. The number of thiazole rings is 1. The number of hydrogen-bond donors (Lipinski definition) is 1. The van der Waals surface area contributed by atoms with Gasteiger partial charge in [0.05, 0.1) is 22.3 Å². The van der Waals surface area contributed by atoms with Gasteiger partial charge in [-0.2, -0.15) is 13.2 Å². The van der Waals surface area contributed by atoms with Gasteiger partial charge in [-0.1, -0.05) is 11.6 Å². The molecule has 154 valence electrons. The molecule has 1 N–H and O–H groups in total. The summed E-state index contributed by atoms with van der Waals surface area (Å²) < 4.78 is 85.6. The molecular weight excluding hydrogens is 510 g/mol. The second-order valence-electron chi connectivity index (χ2n) is 5.57. The second kappa shape index (κ2) is 8.41. The summed E-state index contributed by atoms with van der Waals surface area (Å²) >= 11 is 9.91. The zero-order valence-electron chi connectivity index (χ0n) is 13.9. The van der Waals surface area contributed by atoms with Gasteiger partial charge in [0, 0.05) is 17.1 Å². The van der Waals surface area contributed by atoms with E-state index in [0.29, 0.717) is 4.88 Å². The van der Waals surface area contributed by atoms with Crippen LogP contribution >= 0.6 is 38.9 Å². The first-order valence-corrected chi connectivity index (χ1v) is 9.60. The van der Waals surface area contributed by atoms with Crippen molar-refractivity contribution in [1.82, 2.24) is 4.98 Å². The van der Waals surface area contributed by atoms with E-state index in [1.165, 1.54) is 6.20 Å². The highest BCUT2D eigenvalue weighted by Gasteiger charge is 2.33. The van der Waals surface area contributed by atoms with E-state index < -0.39 is 34.9 Å². The van der Waals surface area contributed by atoms with Crippen molar-refractivity contribution < 1.29 is 31.1 Å². The van der Waals surface area contributed by atoms with Crippen LogP contribution in [0.1, 0.15) is 10.4 Å². The molecule has 0 unspecified atom stereocenters. The Labute approximate surface area is 177 Å². The van der Waals surface area contributed by atoms with E-state index in [-0.39, 0.29) is 39.1 Å². The lowest BCUT2D eigenvalue weighted by Gasteiger charge is -2.16. The van der Waals surface area contributed by atoms with E-state index >= 15 is 0 Å². The average molecular weight is 518 g/mol. The fourth-order valence-corrected chi connectivity index (χ4v) is 3.70. The van der Waals surface area contributed by atoms with Crippen LogP contribution in [0, 0.1) is 17.5 Å². The molecule has 12 heteroatoms. The number of benzene rings is 2. The molecule has 0 amide bonds. The third kappa shape index (κ3) is 5.14. The average Bonchev–Trinajstić information content (AvgIpc) is 3.02. The lowest BCUT2D eigenvalue weighted by atomic mass is 10.2. The van der Waals surface area contributed by atoms with Crippen molar-refractivity contribution in [1.29, 1.82) is 0 Å². The standard InChI is InChI=1S/C17H8BrClF6N2OS/c18-10-3-8(20)4-13(26-5-9-6-27-16(19)29-9)14(10)28-15-11(21)1-7(2-12(15)22)17(23,24)25/h1-4,6,26H,5H2. The van der Waals surface area contributed by atoms with Crippen LogP contribution in [-0.4, -0.2) is 4.98 Å². The molecule has 29 heavy (non-hydrogen) atoms. The van der Waals surface area contributed by atoms with Gasteiger partial charge in [-0.15, -0.1) is 11.3 Å². The van der Waals surface area contributed by atoms with E-state index in [1.54, 1.807) is 0 Å². The van der Waals surface area contributed by atoms with Crippen molar-refractivity contribution in [3.63, 3.8) is 0 Å². The molecule has 0 radical (unpaired) electrons. The third-order valence-electron chi connectivity index (χ3n) is 3.52. The number of nitrogens with one attached hydrogen (secondary N) is 1. The predicted octanol–water partition coefficient (Wildman–Crippen LogP) is 7.40. The number of ether oxygens (including phenoxy) is 1. The molecule has 3 nitrogen and oxygen atoms in total. The summed E-state index contributed by atoms with van der Waals surface area (Å²) in [6.45, 7) is 0.134. The van der Waals surface area contributed by atoms with Gasteiger partial charge >= 0.3 is 6.18 Å². The number of aromatic nitrogens is 1. The van der Waals surface area contributed by atoms with E-state index in [4.69, 9.17) is 16.3 Å². The molecule has 3 aromatic rings. The summed E-state index contributed by atoms with van der Waals surface area (Å²) in [4.78, 5) is 4.52. The van der Waals surface area contributed by atoms with Crippen LogP contribution in [0.4, 0.5) is 32.0 Å². The normalized spacial score (nSPS) is 11.6. The maximum absolute atomic E-state index is 14.1. The number of hydrogen-bond acceptors (Lipinski definition) is 4. The van der Waals surface area contributed by atoms with Gasteiger partial charge in [-0.05, 0) is 34.1 Å². The van der Waals surface area contributed by atoms with Crippen molar-refractivity contribution in [3.8, 4) is 11.5 Å². The first-order chi connectivity index (χ1) is 13.5. The molecule has 0 fully saturated rings. The molecule has 0 bridgehead atoms. The Bertz CT molecular complexity index is 1040. The molecule has 2 aromatic carbocycles. The van der Waals surface area contributed by atoms with Crippen molar-refractivity contribution in [2.45, 2.75) is 12.7 Å². The zero-order valence-corrected chi connectivity index (χ0v) is 17.0. The molecule has 0 aliphatic carbocycles. The van der Waals surface area contributed by atoms with Gasteiger partial charge in [0.25, 0.3) is 0 Å². The van der Waals surface area contributed by atoms with Gasteiger partial charge in [0.2, 0.25) is 0 Å². The van der Waals surface area contributed by atoms with Gasteiger partial charge in [0.15, 0.2) is 27.6 Å². The lowest BCUT2D eigenvalue weighted by molar-refractivity contribution is -0.138. The van der Waals surface area contributed by atoms with E-state index in [2.05, 4.69) is 26.2 Å². The highest BCUT2D eigenvalue weighted by atomic mass is 79.9. The second-order valence-corrected chi connectivity index (χ2v) is 8.12. The Kier molecular flexibility index (Phi) is 6.30. The Morgan fingerprint density at radius 1 is 1.07 bits per heavy atom. The van der Waals surface area contributed by atoms with Crippen LogP contribution < -0.4 is 10.1 Å². The predicted molar refractivity (Wildman–Crippen MR) is 100.0 cm³/mol. The smallest absolute Gasteiger partial charge is 0.416 e. The molecule has 0 aliphatic heterocycles. The number of alkyl halides is 3. The maximum Gasteiger partial charge on any atom is 0.416 e. The van der Waals surface area contributed by atoms with Crippen molar-refractivity contribution in [2.75, 3.05) is 5.32 Å². The zero-order chi connectivity index (χ0) is 21.3. The van der Waals surface area contributed by atoms with E-state index in [9.17, 15) is 26.3 Å². The quantitative estimate of drug-likeness (QED) is 0.358. The molecule has 0 saturated carbocycles. The molecule has 3 rings (SSSR count). The number of halogens is 8. The Morgan fingerprint density at radius 2 is 1.72 bits per heavy atom. The van der Waals surface area contributed by atoms with Crippen molar-refractivity contribution >= 4 is 44.6 Å². The molecule has 0 spiro atoms. The summed E-state index contributed by atoms with van der Waals surface area (Å²) in [6.07, 6.45) is -3.45. The summed E-state index contributed by atoms with van der Waals surface area (Å²) in [6, 6.07) is 2.21. The van der Waals surface area contributed by atoms with Crippen LogP contribution in [0.5, 0.6) is 11.5 Å². The Hall–Kier alpha value is -1.98. The highest BCUT2D eigenvalue weighted by Crippen LogP contribution is 2.41. The number of anilines is 1. The molecule has 0 atom stereocenters.